The van der Waals surface area contributed by atoms with Gasteiger partial charge in [-0.25, -0.2) is 8.42 Å². The molecule has 0 bridgehead atoms. The van der Waals surface area contributed by atoms with Crippen molar-refractivity contribution in [3.05, 3.63) is 48.5 Å². The Bertz CT molecular complexity index is 856. The number of methoxy groups -OCH3 is 1. The van der Waals surface area contributed by atoms with Gasteiger partial charge in [-0.1, -0.05) is 19.1 Å². The lowest BCUT2D eigenvalue weighted by molar-refractivity contribution is -0.118. The number of hydrogen-bond donors (Lipinski definition) is 2. The van der Waals surface area contributed by atoms with Crippen molar-refractivity contribution >= 4 is 33.8 Å². The highest BCUT2D eigenvalue weighted by atomic mass is 35.5. The third-order valence-corrected chi connectivity index (χ3v) is 5.36. The van der Waals surface area contributed by atoms with E-state index >= 15 is 0 Å². The molecule has 0 radical (unpaired) electrons. The van der Waals surface area contributed by atoms with E-state index in [1.807, 2.05) is 0 Å². The average Bonchev–Trinajstić information content (AvgIpc) is 2.64. The minimum atomic E-state index is -3.40. The first-order chi connectivity index (χ1) is 12.4. The maximum Gasteiger partial charge on any atom is 0.243 e. The predicted molar refractivity (Wildman–Crippen MR) is 106 cm³/mol. The van der Waals surface area contributed by atoms with Crippen molar-refractivity contribution in [2.75, 3.05) is 24.8 Å². The molecule has 0 aliphatic carbocycles. The van der Waals surface area contributed by atoms with Gasteiger partial charge in [-0.3, -0.25) is 4.79 Å². The highest BCUT2D eigenvalue weighted by Crippen LogP contribution is 2.29. The molecule has 1 unspecified atom stereocenters. The molecule has 7 nitrogen and oxygen atoms in total. The van der Waals surface area contributed by atoms with Crippen LogP contribution in [0.3, 0.4) is 0 Å². The van der Waals surface area contributed by atoms with Crippen molar-refractivity contribution < 1.29 is 22.7 Å². The summed E-state index contributed by atoms with van der Waals surface area (Å²) in [5, 5.41) is 2.67. The van der Waals surface area contributed by atoms with Crippen LogP contribution in [0, 0.1) is 0 Å². The molecule has 2 aromatic rings. The Kier molecular flexibility index (Phi) is 8.71. The van der Waals surface area contributed by atoms with Crippen LogP contribution in [0.2, 0.25) is 0 Å². The summed E-state index contributed by atoms with van der Waals surface area (Å²) in [6.45, 7) is 1.70. The van der Waals surface area contributed by atoms with Gasteiger partial charge < -0.3 is 20.5 Å². The third-order valence-electron chi connectivity index (χ3n) is 3.60. The Labute approximate surface area is 165 Å². The summed E-state index contributed by atoms with van der Waals surface area (Å²) >= 11 is 0. The summed E-state index contributed by atoms with van der Waals surface area (Å²) in [6.07, 6.45) is 0. The molecule has 0 spiro atoms. The largest absolute Gasteiger partial charge is 0.456 e. The Hall–Kier alpha value is -2.13. The number of para-hydroxylation sites is 1. The predicted octanol–water partition coefficient (Wildman–Crippen LogP) is 2.61. The van der Waals surface area contributed by atoms with Gasteiger partial charge in [-0.2, -0.15) is 0 Å². The van der Waals surface area contributed by atoms with Gasteiger partial charge in [0.2, 0.25) is 5.91 Å². The summed E-state index contributed by atoms with van der Waals surface area (Å²) in [6, 6.07) is 12.3. The number of sulfone groups is 1. The van der Waals surface area contributed by atoms with Crippen LogP contribution in [0.15, 0.2) is 53.4 Å². The molecule has 0 aromatic heterocycles. The fraction of sp³-hybridized carbons (Fsp3) is 0.278. The fourth-order valence-corrected chi connectivity index (χ4v) is 3.18. The number of anilines is 1. The van der Waals surface area contributed by atoms with Crippen LogP contribution in [0.1, 0.15) is 6.92 Å². The molecule has 0 aliphatic heterocycles. The van der Waals surface area contributed by atoms with Crippen molar-refractivity contribution in [3.8, 4) is 11.5 Å². The quantitative estimate of drug-likeness (QED) is 0.687. The number of halogens is 1. The zero-order valence-electron chi connectivity index (χ0n) is 15.0. The Morgan fingerprint density at radius 3 is 2.37 bits per heavy atom. The number of nitrogens with one attached hydrogen (secondary N) is 1. The van der Waals surface area contributed by atoms with E-state index in [4.69, 9.17) is 15.2 Å². The van der Waals surface area contributed by atoms with Crippen molar-refractivity contribution in [3.63, 3.8) is 0 Å². The Morgan fingerprint density at radius 1 is 1.15 bits per heavy atom. The first kappa shape index (κ1) is 22.9. The zero-order chi connectivity index (χ0) is 19.2. The van der Waals surface area contributed by atoms with E-state index in [9.17, 15) is 13.2 Å². The molecule has 0 saturated carbocycles. The molecule has 9 heteroatoms. The van der Waals surface area contributed by atoms with Gasteiger partial charge in [-0.15, -0.1) is 12.4 Å². The maximum atomic E-state index is 12.2. The smallest absolute Gasteiger partial charge is 0.243 e. The fourth-order valence-electron chi connectivity index (χ4n) is 2.17. The second-order valence-corrected chi connectivity index (χ2v) is 7.77. The minimum Gasteiger partial charge on any atom is -0.456 e. The number of amides is 1. The molecule has 2 aromatic carbocycles. The van der Waals surface area contributed by atoms with Crippen LogP contribution < -0.4 is 15.8 Å². The van der Waals surface area contributed by atoms with Crippen LogP contribution in [-0.2, 0) is 19.4 Å². The van der Waals surface area contributed by atoms with E-state index in [2.05, 4.69) is 5.32 Å². The van der Waals surface area contributed by atoms with Crippen LogP contribution in [-0.4, -0.2) is 39.8 Å². The van der Waals surface area contributed by atoms with Crippen molar-refractivity contribution in [1.29, 1.82) is 0 Å². The van der Waals surface area contributed by atoms with Gasteiger partial charge in [-0.05, 0) is 36.4 Å². The highest BCUT2D eigenvalue weighted by Gasteiger charge is 2.18. The van der Waals surface area contributed by atoms with Crippen LogP contribution in [0.4, 0.5) is 5.69 Å². The average molecular weight is 415 g/mol. The van der Waals surface area contributed by atoms with E-state index in [0.29, 0.717) is 11.4 Å². The standard InChI is InChI=1S/C18H22N2O5S.ClH/c1-3-26(22,23)17-7-5-4-6-16(17)25-14-10-8-13(9-11-14)20-18(21)15(19)12-24-2;/h4-11,15H,3,12,19H2,1-2H3,(H,20,21);1H. The molecule has 148 valence electrons. The summed E-state index contributed by atoms with van der Waals surface area (Å²) in [5.41, 5.74) is 6.20. The summed E-state index contributed by atoms with van der Waals surface area (Å²) in [7, 11) is -1.93. The van der Waals surface area contributed by atoms with E-state index in [1.54, 1.807) is 49.4 Å². The van der Waals surface area contributed by atoms with Gasteiger partial charge in [0, 0.05) is 12.8 Å². The van der Waals surface area contributed by atoms with E-state index < -0.39 is 15.9 Å². The normalized spacial score (nSPS) is 12.0. The third kappa shape index (κ3) is 6.21. The van der Waals surface area contributed by atoms with Crippen LogP contribution >= 0.6 is 12.4 Å². The SMILES string of the molecule is CCS(=O)(=O)c1ccccc1Oc1ccc(NC(=O)C(N)COC)cc1.Cl. The molecule has 0 heterocycles. The number of carbonyl (C=O) groups excluding carboxylic acids is 1. The number of benzene rings is 2. The highest BCUT2D eigenvalue weighted by molar-refractivity contribution is 7.91. The van der Waals surface area contributed by atoms with E-state index in [1.165, 1.54) is 13.2 Å². The molecule has 27 heavy (non-hydrogen) atoms. The number of carbonyl (C=O) groups is 1. The molecule has 2 rings (SSSR count). The number of nitrogens with two attached hydrogens (primary N) is 1. The van der Waals surface area contributed by atoms with Crippen LogP contribution in [0.5, 0.6) is 11.5 Å². The molecule has 1 atom stereocenters. The van der Waals surface area contributed by atoms with Crippen molar-refractivity contribution in [2.24, 2.45) is 5.73 Å². The molecular formula is C18H23ClN2O5S. The van der Waals surface area contributed by atoms with Gasteiger partial charge in [0.05, 0.1) is 12.4 Å². The van der Waals surface area contributed by atoms with E-state index in [0.717, 1.165) is 0 Å². The first-order valence-corrected chi connectivity index (χ1v) is 9.67. The molecular weight excluding hydrogens is 392 g/mol. The van der Waals surface area contributed by atoms with E-state index in [-0.39, 0.29) is 41.3 Å². The Balaban J connectivity index is 0.00000364. The summed E-state index contributed by atoms with van der Waals surface area (Å²) in [5.74, 6) is 0.330. The molecule has 0 aliphatic rings. The Morgan fingerprint density at radius 2 is 1.78 bits per heavy atom. The monoisotopic (exact) mass is 414 g/mol. The van der Waals surface area contributed by atoms with Gasteiger partial charge in [0.25, 0.3) is 0 Å². The lowest BCUT2D eigenvalue weighted by atomic mass is 10.2. The van der Waals surface area contributed by atoms with Crippen molar-refractivity contribution in [2.45, 2.75) is 17.9 Å². The van der Waals surface area contributed by atoms with Gasteiger partial charge in [0.1, 0.15) is 22.4 Å². The molecule has 3 N–H and O–H groups in total. The molecule has 0 saturated heterocycles. The lowest BCUT2D eigenvalue weighted by Gasteiger charge is -2.13. The van der Waals surface area contributed by atoms with Crippen LogP contribution in [0.25, 0.3) is 0 Å². The number of hydrogen-bond acceptors (Lipinski definition) is 6. The minimum absolute atomic E-state index is 0. The molecule has 1 amide bonds. The number of rotatable bonds is 8. The first-order valence-electron chi connectivity index (χ1n) is 8.02. The maximum absolute atomic E-state index is 12.2. The molecule has 0 fully saturated rings. The van der Waals surface area contributed by atoms with Crippen molar-refractivity contribution in [1.82, 2.24) is 0 Å². The van der Waals surface area contributed by atoms with Gasteiger partial charge in [0.15, 0.2) is 9.84 Å². The summed E-state index contributed by atoms with van der Waals surface area (Å²) in [4.78, 5) is 12.0. The second-order valence-electron chi connectivity index (χ2n) is 5.53. The number of ether oxygens (including phenoxy) is 2. The zero-order valence-corrected chi connectivity index (χ0v) is 16.7. The van der Waals surface area contributed by atoms with Gasteiger partial charge >= 0.3 is 0 Å². The second kappa shape index (κ2) is 10.3. The lowest BCUT2D eigenvalue weighted by Crippen LogP contribution is -2.39. The topological polar surface area (TPSA) is 108 Å². The summed E-state index contributed by atoms with van der Waals surface area (Å²) < 4.78 is 34.9.